The molecule has 1 aliphatic rings. The number of hydrogen-bond acceptors (Lipinski definition) is 4. The molecule has 0 bridgehead atoms. The number of methoxy groups -OCH3 is 1. The van der Waals surface area contributed by atoms with E-state index in [4.69, 9.17) is 4.74 Å². The van der Waals surface area contributed by atoms with Crippen LogP contribution < -0.4 is 15.5 Å². The Morgan fingerprint density at radius 2 is 2.04 bits per heavy atom. The zero-order chi connectivity index (χ0) is 19.4. The lowest BCUT2D eigenvalue weighted by molar-refractivity contribution is -0.110. The maximum atomic E-state index is 14.5. The van der Waals surface area contributed by atoms with Crippen LogP contribution in [0.5, 0.6) is 0 Å². The summed E-state index contributed by atoms with van der Waals surface area (Å²) in [5.41, 5.74) is 1.69. The van der Waals surface area contributed by atoms with E-state index in [2.05, 4.69) is 10.6 Å². The van der Waals surface area contributed by atoms with Gasteiger partial charge in [-0.25, -0.2) is 8.78 Å². The Morgan fingerprint density at radius 1 is 1.22 bits per heavy atom. The Balaban J connectivity index is 1.82. The third-order valence-electron chi connectivity index (χ3n) is 4.23. The smallest absolute Gasteiger partial charge is 0.257 e. The van der Waals surface area contributed by atoms with E-state index in [9.17, 15) is 13.6 Å². The van der Waals surface area contributed by atoms with Crippen molar-refractivity contribution in [2.75, 3.05) is 35.9 Å². The highest BCUT2D eigenvalue weighted by Gasteiger charge is 2.27. The van der Waals surface area contributed by atoms with Crippen LogP contribution >= 0.6 is 0 Å². The largest absolute Gasteiger partial charge is 0.364 e. The highest BCUT2D eigenvalue weighted by atomic mass is 19.1. The molecule has 7 heteroatoms. The van der Waals surface area contributed by atoms with Crippen molar-refractivity contribution in [2.45, 2.75) is 13.3 Å². The van der Waals surface area contributed by atoms with Crippen LogP contribution in [-0.4, -0.2) is 26.3 Å². The van der Waals surface area contributed by atoms with Crippen LogP contribution in [0.25, 0.3) is 5.57 Å². The lowest BCUT2D eigenvalue weighted by Gasteiger charge is -2.24. The summed E-state index contributed by atoms with van der Waals surface area (Å²) in [5, 5.41) is 5.48. The molecule has 0 saturated carbocycles. The van der Waals surface area contributed by atoms with E-state index in [0.29, 0.717) is 23.6 Å². The zero-order valence-corrected chi connectivity index (χ0v) is 15.2. The molecular weight excluding hydrogens is 352 g/mol. The van der Waals surface area contributed by atoms with Crippen LogP contribution in [0.3, 0.4) is 0 Å². The molecule has 0 unspecified atom stereocenters. The first-order chi connectivity index (χ1) is 13.0. The van der Waals surface area contributed by atoms with Crippen molar-refractivity contribution in [1.29, 1.82) is 0 Å². The van der Waals surface area contributed by atoms with Crippen LogP contribution in [0.15, 0.2) is 42.6 Å². The van der Waals surface area contributed by atoms with Crippen LogP contribution in [0, 0.1) is 11.6 Å². The first-order valence-electron chi connectivity index (χ1n) is 8.65. The molecule has 0 radical (unpaired) electrons. The standard InChI is InChI=1S/C20H21F2N3O2/c1-3-9-25(12-27-2)18-8-7-13(10-16(18)22)23-11-14-19-15(21)5-4-6-17(19)24-20(14)26/h4-8,10-11,23H,3,9,12H2,1-2H3,(H,24,26). The molecule has 142 valence electrons. The van der Waals surface area contributed by atoms with Gasteiger partial charge in [0.15, 0.2) is 0 Å². The van der Waals surface area contributed by atoms with Gasteiger partial charge in [-0.15, -0.1) is 0 Å². The molecule has 1 amide bonds. The summed E-state index contributed by atoms with van der Waals surface area (Å²) in [4.78, 5) is 13.9. The van der Waals surface area contributed by atoms with Gasteiger partial charge in [-0.1, -0.05) is 13.0 Å². The highest BCUT2D eigenvalue weighted by molar-refractivity contribution is 6.31. The van der Waals surface area contributed by atoms with Gasteiger partial charge in [0.05, 0.1) is 16.9 Å². The van der Waals surface area contributed by atoms with E-state index in [1.807, 2.05) is 6.92 Å². The number of nitrogens with one attached hydrogen (secondary N) is 2. The van der Waals surface area contributed by atoms with E-state index in [1.165, 1.54) is 24.4 Å². The van der Waals surface area contributed by atoms with Crippen molar-refractivity contribution in [3.05, 3.63) is 59.8 Å². The van der Waals surface area contributed by atoms with Gasteiger partial charge >= 0.3 is 0 Å². The lowest BCUT2D eigenvalue weighted by Crippen LogP contribution is -2.27. The summed E-state index contributed by atoms with van der Waals surface area (Å²) in [6.45, 7) is 2.96. The summed E-state index contributed by atoms with van der Waals surface area (Å²) < 4.78 is 33.7. The Kier molecular flexibility index (Phi) is 5.71. The molecule has 0 fully saturated rings. The van der Waals surface area contributed by atoms with Gasteiger partial charge < -0.3 is 20.3 Å². The van der Waals surface area contributed by atoms with Gasteiger partial charge in [0.1, 0.15) is 18.4 Å². The minimum absolute atomic E-state index is 0.166. The number of ether oxygens (including phenoxy) is 1. The number of carbonyl (C=O) groups excluding carboxylic acids is 1. The van der Waals surface area contributed by atoms with Gasteiger partial charge in [0, 0.05) is 31.1 Å². The number of anilines is 3. The number of rotatable bonds is 7. The molecule has 0 saturated heterocycles. The molecular formula is C20H21F2N3O2. The summed E-state index contributed by atoms with van der Waals surface area (Å²) in [5.74, 6) is -1.31. The molecule has 5 nitrogen and oxygen atoms in total. The maximum Gasteiger partial charge on any atom is 0.257 e. The number of amides is 1. The van der Waals surface area contributed by atoms with Crippen LogP contribution in [-0.2, 0) is 9.53 Å². The normalized spacial score (nSPS) is 14.2. The fourth-order valence-electron chi connectivity index (χ4n) is 3.03. The molecule has 27 heavy (non-hydrogen) atoms. The Morgan fingerprint density at radius 3 is 2.74 bits per heavy atom. The Labute approximate surface area is 156 Å². The van der Waals surface area contributed by atoms with Gasteiger partial charge in [0.25, 0.3) is 5.91 Å². The minimum atomic E-state index is -0.491. The monoisotopic (exact) mass is 373 g/mol. The topological polar surface area (TPSA) is 53.6 Å². The van der Waals surface area contributed by atoms with Crippen LogP contribution in [0.1, 0.15) is 18.9 Å². The summed E-state index contributed by atoms with van der Waals surface area (Å²) in [6, 6.07) is 9.13. The second-order valence-electron chi connectivity index (χ2n) is 6.17. The maximum absolute atomic E-state index is 14.5. The first kappa shape index (κ1) is 18.8. The SMILES string of the molecule is CCCN(COC)c1ccc(NC=C2C(=O)Nc3cccc(F)c32)cc1F. The average molecular weight is 373 g/mol. The second kappa shape index (κ2) is 8.18. The highest BCUT2D eigenvalue weighted by Crippen LogP contribution is 2.33. The van der Waals surface area contributed by atoms with E-state index in [-0.39, 0.29) is 17.9 Å². The third-order valence-corrected chi connectivity index (χ3v) is 4.23. The number of benzene rings is 2. The zero-order valence-electron chi connectivity index (χ0n) is 15.2. The predicted molar refractivity (Wildman–Crippen MR) is 103 cm³/mol. The van der Waals surface area contributed by atoms with Gasteiger partial charge in [-0.2, -0.15) is 0 Å². The van der Waals surface area contributed by atoms with Crippen molar-refractivity contribution in [3.8, 4) is 0 Å². The number of hydrogen-bond donors (Lipinski definition) is 2. The van der Waals surface area contributed by atoms with Gasteiger partial charge in [-0.3, -0.25) is 4.79 Å². The number of halogens is 2. The van der Waals surface area contributed by atoms with Gasteiger partial charge in [0.2, 0.25) is 0 Å². The lowest BCUT2D eigenvalue weighted by atomic mass is 10.1. The minimum Gasteiger partial charge on any atom is -0.364 e. The Hall–Kier alpha value is -2.93. The molecule has 0 aliphatic carbocycles. The molecule has 2 aromatic carbocycles. The molecule has 2 N–H and O–H groups in total. The Bertz CT molecular complexity index is 878. The summed E-state index contributed by atoms with van der Waals surface area (Å²) in [7, 11) is 1.56. The van der Waals surface area contributed by atoms with Crippen molar-refractivity contribution in [2.24, 2.45) is 0 Å². The molecule has 0 spiro atoms. The molecule has 3 rings (SSSR count). The van der Waals surface area contributed by atoms with Crippen LogP contribution in [0.2, 0.25) is 0 Å². The first-order valence-corrected chi connectivity index (χ1v) is 8.65. The predicted octanol–water partition coefficient (Wildman–Crippen LogP) is 4.19. The van der Waals surface area contributed by atoms with Crippen molar-refractivity contribution < 1.29 is 18.3 Å². The molecule has 2 aromatic rings. The van der Waals surface area contributed by atoms with E-state index in [0.717, 1.165) is 6.42 Å². The van der Waals surface area contributed by atoms with E-state index in [1.54, 1.807) is 30.2 Å². The fourth-order valence-corrected chi connectivity index (χ4v) is 3.03. The summed E-state index contributed by atoms with van der Waals surface area (Å²) in [6.07, 6.45) is 2.24. The number of nitrogens with zero attached hydrogens (tertiary/aromatic N) is 1. The average Bonchev–Trinajstić information content (AvgIpc) is 2.96. The van der Waals surface area contributed by atoms with Crippen molar-refractivity contribution in [3.63, 3.8) is 0 Å². The fraction of sp³-hybridized carbons (Fsp3) is 0.250. The number of carbonyl (C=O) groups is 1. The van der Waals surface area contributed by atoms with Crippen LogP contribution in [0.4, 0.5) is 25.8 Å². The molecule has 1 heterocycles. The second-order valence-corrected chi connectivity index (χ2v) is 6.17. The quantitative estimate of drug-likeness (QED) is 0.564. The van der Waals surface area contributed by atoms with Crippen molar-refractivity contribution in [1.82, 2.24) is 0 Å². The number of fused-ring (bicyclic) bond motifs is 1. The third kappa shape index (κ3) is 3.93. The van der Waals surface area contributed by atoms with E-state index >= 15 is 0 Å². The molecule has 0 atom stereocenters. The summed E-state index contributed by atoms with van der Waals surface area (Å²) >= 11 is 0. The molecule has 1 aliphatic heterocycles. The van der Waals surface area contributed by atoms with Crippen molar-refractivity contribution >= 4 is 28.5 Å². The van der Waals surface area contributed by atoms with Gasteiger partial charge in [-0.05, 0) is 36.8 Å². The van der Waals surface area contributed by atoms with E-state index < -0.39 is 17.5 Å². The molecule has 0 aromatic heterocycles.